The van der Waals surface area contributed by atoms with Crippen LogP contribution < -0.4 is 4.74 Å². The summed E-state index contributed by atoms with van der Waals surface area (Å²) in [5, 5.41) is 8.06. The van der Waals surface area contributed by atoms with Crippen LogP contribution in [0.4, 0.5) is 0 Å². The molecule has 0 aromatic heterocycles. The van der Waals surface area contributed by atoms with Gasteiger partial charge in [-0.1, -0.05) is 39.7 Å². The minimum absolute atomic E-state index is 0.175. The number of halogens is 2. The van der Waals surface area contributed by atoms with Crippen LogP contribution in [0, 0.1) is 0 Å². The highest BCUT2D eigenvalue weighted by atomic mass is 79.9. The smallest absolute Gasteiger partial charge is 0.200 e. The van der Waals surface area contributed by atoms with Gasteiger partial charge in [0.2, 0.25) is 5.72 Å². The van der Waals surface area contributed by atoms with Crippen LogP contribution >= 0.6 is 27.5 Å². The topological polar surface area (TPSA) is 28.1 Å². The van der Waals surface area contributed by atoms with Crippen molar-refractivity contribution in [3.63, 3.8) is 0 Å². The van der Waals surface area contributed by atoms with E-state index in [1.165, 1.54) is 5.56 Å². The maximum atomic E-state index is 6.61. The Balaban J connectivity index is 1.58. The summed E-state index contributed by atoms with van der Waals surface area (Å²) in [6.45, 7) is 2.02. The second kappa shape index (κ2) is 6.50. The van der Waals surface area contributed by atoms with E-state index >= 15 is 0 Å². The molecule has 140 valence electrons. The third-order valence-corrected chi connectivity index (χ3v) is 6.67. The third-order valence-electron chi connectivity index (χ3n) is 5.90. The van der Waals surface area contributed by atoms with Crippen molar-refractivity contribution in [2.24, 2.45) is 5.10 Å². The summed E-state index contributed by atoms with van der Waals surface area (Å²) in [5.41, 5.74) is 3.05. The number of hydrazone groups is 1. The fraction of sp³-hybridized carbons (Fsp3) is 0.381. The number of likely N-dealkylation sites (tertiary alicyclic amines) is 1. The number of benzene rings is 2. The Bertz CT molecular complexity index is 906. The summed E-state index contributed by atoms with van der Waals surface area (Å²) in [6.07, 6.45) is 2.76. The van der Waals surface area contributed by atoms with Crippen molar-refractivity contribution < 1.29 is 4.74 Å². The molecule has 0 bridgehead atoms. The monoisotopic (exact) mass is 445 g/mol. The van der Waals surface area contributed by atoms with Crippen molar-refractivity contribution in [2.75, 3.05) is 20.1 Å². The van der Waals surface area contributed by atoms with Crippen molar-refractivity contribution in [1.82, 2.24) is 9.91 Å². The molecular weight excluding hydrogens is 426 g/mol. The van der Waals surface area contributed by atoms with Crippen LogP contribution in [0.15, 0.2) is 52.0 Å². The van der Waals surface area contributed by atoms with Gasteiger partial charge in [-0.15, -0.1) is 0 Å². The normalized spacial score (nSPS) is 23.6. The number of piperidine rings is 1. The minimum Gasteiger partial charge on any atom is -0.466 e. The molecule has 4 nitrogen and oxygen atoms in total. The lowest BCUT2D eigenvalue weighted by atomic mass is 9.91. The highest BCUT2D eigenvalue weighted by molar-refractivity contribution is 9.10. The van der Waals surface area contributed by atoms with Crippen LogP contribution in [0.5, 0.6) is 5.75 Å². The summed E-state index contributed by atoms with van der Waals surface area (Å²) in [5.74, 6) is 0.956. The van der Waals surface area contributed by atoms with Gasteiger partial charge in [0.05, 0.1) is 11.8 Å². The first-order valence-corrected chi connectivity index (χ1v) is 10.5. The summed E-state index contributed by atoms with van der Waals surface area (Å²) >= 11 is 9.83. The summed E-state index contributed by atoms with van der Waals surface area (Å²) < 4.78 is 7.69. The van der Waals surface area contributed by atoms with E-state index in [4.69, 9.17) is 21.4 Å². The molecule has 3 heterocycles. The molecule has 0 aliphatic carbocycles. The van der Waals surface area contributed by atoms with Crippen molar-refractivity contribution in [3.05, 3.63) is 63.1 Å². The molecule has 1 atom stereocenters. The van der Waals surface area contributed by atoms with E-state index < -0.39 is 0 Å². The second-order valence-electron chi connectivity index (χ2n) is 7.65. The maximum Gasteiger partial charge on any atom is 0.200 e. The van der Waals surface area contributed by atoms with Gasteiger partial charge in [0, 0.05) is 47.4 Å². The highest BCUT2D eigenvalue weighted by Gasteiger charge is 2.51. The zero-order chi connectivity index (χ0) is 18.6. The lowest BCUT2D eigenvalue weighted by molar-refractivity contribution is -0.147. The number of hydrogen-bond donors (Lipinski definition) is 0. The Morgan fingerprint density at radius 3 is 2.63 bits per heavy atom. The lowest BCUT2D eigenvalue weighted by Crippen LogP contribution is -2.58. The first-order valence-electron chi connectivity index (χ1n) is 9.34. The predicted octanol–water partition coefficient (Wildman–Crippen LogP) is 5.07. The summed E-state index contributed by atoms with van der Waals surface area (Å²) in [4.78, 5) is 2.36. The van der Waals surface area contributed by atoms with Gasteiger partial charge in [0.25, 0.3) is 0 Å². The number of nitrogens with zero attached hydrogens (tertiary/aromatic N) is 3. The quantitative estimate of drug-likeness (QED) is 0.612. The molecule has 2 aromatic rings. The van der Waals surface area contributed by atoms with Crippen molar-refractivity contribution in [1.29, 1.82) is 0 Å². The van der Waals surface area contributed by atoms with E-state index in [2.05, 4.69) is 57.2 Å². The molecule has 0 saturated carbocycles. The average molecular weight is 447 g/mol. The van der Waals surface area contributed by atoms with Gasteiger partial charge in [0.15, 0.2) is 0 Å². The standard InChI is InChI=1S/C21H21BrClN3O/c1-25-10-8-21(9-11-25)26-19(17-12-16(23)6-7-20(17)27-21)13-18(24-26)14-2-4-15(22)5-3-14/h2-7,12,19H,8-11,13H2,1H3/t19-/m0/s1. The number of rotatable bonds is 1. The number of hydrogen-bond acceptors (Lipinski definition) is 4. The molecule has 0 radical (unpaired) electrons. The van der Waals surface area contributed by atoms with Gasteiger partial charge in [-0.05, 0) is 42.9 Å². The number of ether oxygens (including phenoxy) is 1. The van der Waals surface area contributed by atoms with Gasteiger partial charge >= 0.3 is 0 Å². The Morgan fingerprint density at radius 1 is 1.15 bits per heavy atom. The fourth-order valence-electron chi connectivity index (χ4n) is 4.37. The summed E-state index contributed by atoms with van der Waals surface area (Å²) in [7, 11) is 2.17. The van der Waals surface area contributed by atoms with Crippen LogP contribution in [0.25, 0.3) is 0 Å². The first-order chi connectivity index (χ1) is 13.0. The van der Waals surface area contributed by atoms with Crippen molar-refractivity contribution in [2.45, 2.75) is 31.0 Å². The molecule has 1 fully saturated rings. The molecule has 0 amide bonds. The highest BCUT2D eigenvalue weighted by Crippen LogP contribution is 2.50. The van der Waals surface area contributed by atoms with Gasteiger partial charge in [0.1, 0.15) is 5.75 Å². The van der Waals surface area contributed by atoms with Gasteiger partial charge < -0.3 is 9.64 Å². The zero-order valence-electron chi connectivity index (χ0n) is 15.2. The maximum absolute atomic E-state index is 6.61. The zero-order valence-corrected chi connectivity index (χ0v) is 17.5. The van der Waals surface area contributed by atoms with Crippen molar-refractivity contribution >= 4 is 33.2 Å². The summed E-state index contributed by atoms with van der Waals surface area (Å²) in [6, 6.07) is 14.6. The molecular formula is C21H21BrClN3O. The van der Waals surface area contributed by atoms with E-state index in [1.807, 2.05) is 18.2 Å². The Morgan fingerprint density at radius 2 is 1.89 bits per heavy atom. The Kier molecular flexibility index (Phi) is 4.22. The van der Waals surface area contributed by atoms with Crippen LogP contribution in [-0.4, -0.2) is 41.5 Å². The molecule has 1 saturated heterocycles. The lowest BCUT2D eigenvalue weighted by Gasteiger charge is -2.50. The van der Waals surface area contributed by atoms with Crippen LogP contribution in [0.3, 0.4) is 0 Å². The molecule has 0 unspecified atom stereocenters. The first kappa shape index (κ1) is 17.5. The van der Waals surface area contributed by atoms with Gasteiger partial charge in [-0.2, -0.15) is 5.10 Å². The van der Waals surface area contributed by atoms with Crippen molar-refractivity contribution in [3.8, 4) is 5.75 Å². The van der Waals surface area contributed by atoms with E-state index in [0.717, 1.165) is 58.9 Å². The Hall–Kier alpha value is -1.56. The molecule has 5 rings (SSSR count). The second-order valence-corrected chi connectivity index (χ2v) is 9.00. The van der Waals surface area contributed by atoms with E-state index in [9.17, 15) is 0 Å². The molecule has 27 heavy (non-hydrogen) atoms. The van der Waals surface area contributed by atoms with Gasteiger partial charge in [-0.3, -0.25) is 0 Å². The van der Waals surface area contributed by atoms with E-state index in [-0.39, 0.29) is 11.8 Å². The number of fused-ring (bicyclic) bond motifs is 4. The van der Waals surface area contributed by atoms with Gasteiger partial charge in [-0.25, -0.2) is 5.01 Å². The molecule has 0 N–H and O–H groups in total. The molecule has 3 aliphatic rings. The predicted molar refractivity (Wildman–Crippen MR) is 111 cm³/mol. The molecule has 1 spiro atoms. The SMILES string of the molecule is CN1CCC2(CC1)Oc1ccc(Cl)cc1[C@@H]1CC(c3ccc(Br)cc3)=NN12. The molecule has 6 heteroatoms. The fourth-order valence-corrected chi connectivity index (χ4v) is 4.81. The minimum atomic E-state index is -0.366. The van der Waals surface area contributed by atoms with E-state index in [1.54, 1.807) is 0 Å². The molecule has 2 aromatic carbocycles. The average Bonchev–Trinajstić information content (AvgIpc) is 3.12. The van der Waals surface area contributed by atoms with Crippen LogP contribution in [0.2, 0.25) is 5.02 Å². The van der Waals surface area contributed by atoms with Crippen LogP contribution in [-0.2, 0) is 0 Å². The van der Waals surface area contributed by atoms with Crippen LogP contribution in [0.1, 0.15) is 36.4 Å². The Labute approximate surface area is 172 Å². The third kappa shape index (κ3) is 2.96. The molecule has 3 aliphatic heterocycles. The largest absolute Gasteiger partial charge is 0.466 e. The van der Waals surface area contributed by atoms with E-state index in [0.29, 0.717) is 0 Å².